The van der Waals surface area contributed by atoms with Gasteiger partial charge in [0.2, 0.25) is 0 Å². The molecule has 1 aliphatic heterocycles. The molecule has 1 aromatic carbocycles. The number of likely N-dealkylation sites (N-methyl/N-ethyl adjacent to an activating group) is 1. The first kappa shape index (κ1) is 11.4. The summed E-state index contributed by atoms with van der Waals surface area (Å²) >= 11 is 0. The van der Waals surface area contributed by atoms with Gasteiger partial charge in [0.25, 0.3) is 0 Å². The van der Waals surface area contributed by atoms with Crippen molar-refractivity contribution >= 4 is 5.69 Å². The van der Waals surface area contributed by atoms with Gasteiger partial charge in [-0.25, -0.2) is 0 Å². The van der Waals surface area contributed by atoms with Gasteiger partial charge in [-0.2, -0.15) is 0 Å². The van der Waals surface area contributed by atoms with Crippen molar-refractivity contribution in [2.24, 2.45) is 5.73 Å². The molecular weight excluding hydrogens is 200 g/mol. The van der Waals surface area contributed by atoms with Crippen molar-refractivity contribution in [1.82, 2.24) is 0 Å². The van der Waals surface area contributed by atoms with Crippen molar-refractivity contribution in [3.05, 3.63) is 29.3 Å². The summed E-state index contributed by atoms with van der Waals surface area (Å²) in [6.45, 7) is 4.70. The Bertz CT molecular complexity index is 365. The zero-order valence-electron chi connectivity index (χ0n) is 9.82. The predicted octanol–water partition coefficient (Wildman–Crippen LogP) is 0.931. The van der Waals surface area contributed by atoms with E-state index < -0.39 is 6.10 Å². The predicted molar refractivity (Wildman–Crippen MR) is 66.8 cm³/mol. The van der Waals surface area contributed by atoms with Crippen molar-refractivity contribution < 1.29 is 5.11 Å². The number of nitrogens with two attached hydrogens (primary N) is 1. The van der Waals surface area contributed by atoms with E-state index in [1.54, 1.807) is 0 Å². The van der Waals surface area contributed by atoms with Gasteiger partial charge >= 0.3 is 0 Å². The summed E-state index contributed by atoms with van der Waals surface area (Å²) in [7, 11) is 0. The topological polar surface area (TPSA) is 49.5 Å². The second-order valence-electron chi connectivity index (χ2n) is 4.39. The van der Waals surface area contributed by atoms with Crippen LogP contribution in [0.1, 0.15) is 18.1 Å². The maximum atomic E-state index is 9.52. The number of nitrogens with zero attached hydrogens (tertiary/aromatic N) is 1. The summed E-state index contributed by atoms with van der Waals surface area (Å²) in [6, 6.07) is 6.49. The number of anilines is 1. The monoisotopic (exact) mass is 220 g/mol. The molecule has 88 valence electrons. The summed E-state index contributed by atoms with van der Waals surface area (Å²) in [5.41, 5.74) is 9.37. The molecule has 3 N–H and O–H groups in total. The van der Waals surface area contributed by atoms with Crippen LogP contribution in [0.25, 0.3) is 0 Å². The van der Waals surface area contributed by atoms with Crippen LogP contribution >= 0.6 is 0 Å². The summed E-state index contributed by atoms with van der Waals surface area (Å²) in [5, 5.41) is 9.52. The minimum Gasteiger partial charge on any atom is -0.391 e. The van der Waals surface area contributed by atoms with Crippen molar-refractivity contribution in [1.29, 1.82) is 0 Å². The standard InChI is InChI=1S/C13H20N2O/c1-2-15-6-5-11-7-10(3-4-13(11)15)8-12(16)9-14/h3-4,7,12,16H,2,5-6,8-9,14H2,1H3. The molecule has 0 bridgehead atoms. The van der Waals surface area contributed by atoms with Crippen LogP contribution in [0, 0.1) is 0 Å². The molecule has 0 spiro atoms. The van der Waals surface area contributed by atoms with Crippen LogP contribution in [-0.2, 0) is 12.8 Å². The van der Waals surface area contributed by atoms with Crippen LogP contribution in [0.3, 0.4) is 0 Å². The summed E-state index contributed by atoms with van der Waals surface area (Å²) in [6.07, 6.45) is 1.37. The maximum absolute atomic E-state index is 9.52. The maximum Gasteiger partial charge on any atom is 0.0702 e. The minimum absolute atomic E-state index is 0.332. The Morgan fingerprint density at radius 2 is 2.31 bits per heavy atom. The lowest BCUT2D eigenvalue weighted by Gasteiger charge is -2.17. The number of hydrogen-bond acceptors (Lipinski definition) is 3. The normalized spacial score (nSPS) is 16.3. The molecule has 0 fully saturated rings. The van der Waals surface area contributed by atoms with E-state index in [9.17, 15) is 5.11 Å². The second kappa shape index (κ2) is 4.85. The Morgan fingerprint density at radius 3 is 3.00 bits per heavy atom. The molecule has 3 heteroatoms. The number of fused-ring (bicyclic) bond motifs is 1. The fraction of sp³-hybridized carbons (Fsp3) is 0.538. The zero-order chi connectivity index (χ0) is 11.5. The smallest absolute Gasteiger partial charge is 0.0702 e. The third-order valence-electron chi connectivity index (χ3n) is 3.26. The highest BCUT2D eigenvalue weighted by molar-refractivity contribution is 5.59. The molecule has 0 saturated heterocycles. The molecular formula is C13H20N2O. The molecule has 2 rings (SSSR count). The first-order valence-electron chi connectivity index (χ1n) is 5.99. The van der Waals surface area contributed by atoms with Gasteiger partial charge in [-0.05, 0) is 37.0 Å². The van der Waals surface area contributed by atoms with E-state index in [1.165, 1.54) is 16.8 Å². The highest BCUT2D eigenvalue weighted by Crippen LogP contribution is 2.28. The summed E-state index contributed by atoms with van der Waals surface area (Å²) < 4.78 is 0. The van der Waals surface area contributed by atoms with E-state index in [1.807, 2.05) is 0 Å². The van der Waals surface area contributed by atoms with Crippen molar-refractivity contribution in [3.8, 4) is 0 Å². The Balaban J connectivity index is 2.15. The molecule has 1 heterocycles. The van der Waals surface area contributed by atoms with E-state index in [2.05, 4.69) is 30.0 Å². The quantitative estimate of drug-likeness (QED) is 0.793. The Kier molecular flexibility index (Phi) is 3.46. The summed E-state index contributed by atoms with van der Waals surface area (Å²) in [4.78, 5) is 2.39. The third kappa shape index (κ3) is 2.20. The van der Waals surface area contributed by atoms with Gasteiger partial charge in [-0.15, -0.1) is 0 Å². The van der Waals surface area contributed by atoms with Crippen molar-refractivity contribution in [3.63, 3.8) is 0 Å². The lowest BCUT2D eigenvalue weighted by atomic mass is 10.0. The molecule has 16 heavy (non-hydrogen) atoms. The van der Waals surface area contributed by atoms with Crippen molar-refractivity contribution in [2.45, 2.75) is 25.9 Å². The SMILES string of the molecule is CCN1CCc2cc(CC(O)CN)ccc21. The lowest BCUT2D eigenvalue weighted by Crippen LogP contribution is -2.22. The van der Waals surface area contributed by atoms with Crippen LogP contribution in [0.4, 0.5) is 5.69 Å². The van der Waals surface area contributed by atoms with Gasteiger partial charge < -0.3 is 15.7 Å². The third-order valence-corrected chi connectivity index (χ3v) is 3.26. The Labute approximate surface area is 96.9 Å². The number of benzene rings is 1. The average molecular weight is 220 g/mol. The minimum atomic E-state index is -0.415. The largest absolute Gasteiger partial charge is 0.391 e. The fourth-order valence-corrected chi connectivity index (χ4v) is 2.33. The first-order valence-corrected chi connectivity index (χ1v) is 5.99. The van der Waals surface area contributed by atoms with E-state index in [0.29, 0.717) is 13.0 Å². The Morgan fingerprint density at radius 1 is 1.50 bits per heavy atom. The van der Waals surface area contributed by atoms with Gasteiger partial charge in [0, 0.05) is 25.3 Å². The molecule has 1 aromatic rings. The van der Waals surface area contributed by atoms with Crippen LogP contribution in [-0.4, -0.2) is 30.8 Å². The van der Waals surface area contributed by atoms with Crippen LogP contribution in [0.15, 0.2) is 18.2 Å². The van der Waals surface area contributed by atoms with E-state index in [-0.39, 0.29) is 0 Å². The van der Waals surface area contributed by atoms with Gasteiger partial charge in [0.1, 0.15) is 0 Å². The fourth-order valence-electron chi connectivity index (χ4n) is 2.33. The number of aliphatic hydroxyl groups excluding tert-OH is 1. The highest BCUT2D eigenvalue weighted by Gasteiger charge is 2.17. The molecule has 3 nitrogen and oxygen atoms in total. The van der Waals surface area contributed by atoms with Crippen LogP contribution in [0.2, 0.25) is 0 Å². The molecule has 0 amide bonds. The molecule has 0 radical (unpaired) electrons. The Hall–Kier alpha value is -1.06. The number of aliphatic hydroxyl groups is 1. The van der Waals surface area contributed by atoms with Gasteiger partial charge in [0.15, 0.2) is 0 Å². The van der Waals surface area contributed by atoms with E-state index in [0.717, 1.165) is 19.5 Å². The number of hydrogen-bond donors (Lipinski definition) is 2. The van der Waals surface area contributed by atoms with Gasteiger partial charge in [-0.3, -0.25) is 0 Å². The number of rotatable bonds is 4. The molecule has 0 saturated carbocycles. The van der Waals surface area contributed by atoms with Gasteiger partial charge in [0.05, 0.1) is 6.10 Å². The molecule has 0 aliphatic carbocycles. The second-order valence-corrected chi connectivity index (χ2v) is 4.39. The van der Waals surface area contributed by atoms with Crippen LogP contribution in [0.5, 0.6) is 0 Å². The first-order chi connectivity index (χ1) is 7.74. The van der Waals surface area contributed by atoms with Crippen LogP contribution < -0.4 is 10.6 Å². The molecule has 1 aliphatic rings. The molecule has 0 aromatic heterocycles. The van der Waals surface area contributed by atoms with E-state index in [4.69, 9.17) is 5.73 Å². The van der Waals surface area contributed by atoms with Crippen molar-refractivity contribution in [2.75, 3.05) is 24.5 Å². The lowest BCUT2D eigenvalue weighted by molar-refractivity contribution is 0.183. The molecule has 1 atom stereocenters. The molecule has 1 unspecified atom stereocenters. The van der Waals surface area contributed by atoms with E-state index >= 15 is 0 Å². The zero-order valence-corrected chi connectivity index (χ0v) is 9.82. The summed E-state index contributed by atoms with van der Waals surface area (Å²) in [5.74, 6) is 0. The average Bonchev–Trinajstić information content (AvgIpc) is 2.71. The van der Waals surface area contributed by atoms with Gasteiger partial charge in [-0.1, -0.05) is 12.1 Å². The highest BCUT2D eigenvalue weighted by atomic mass is 16.3.